The Balaban J connectivity index is 0.000000204. The van der Waals surface area contributed by atoms with Gasteiger partial charge in [-0.2, -0.15) is 0 Å². The highest BCUT2D eigenvalue weighted by atomic mass is 32.2. The van der Waals surface area contributed by atoms with Gasteiger partial charge in [0.25, 0.3) is 0 Å². The summed E-state index contributed by atoms with van der Waals surface area (Å²) in [4.78, 5) is 42.9. The number of rotatable bonds is 20. The zero-order chi connectivity index (χ0) is 48.8. The maximum Gasteiger partial charge on any atom is 0.322 e. The molecule has 0 aliphatic carbocycles. The van der Waals surface area contributed by atoms with E-state index in [0.717, 1.165) is 44.4 Å². The van der Waals surface area contributed by atoms with Crippen LogP contribution in [0, 0.1) is 5.82 Å². The Labute approximate surface area is 404 Å². The van der Waals surface area contributed by atoms with Crippen LogP contribution in [0.2, 0.25) is 0 Å². The number of carbonyl (C=O) groups is 2. The number of carboxylic acids is 2. The summed E-state index contributed by atoms with van der Waals surface area (Å²) in [5.41, 5.74) is 4.06. The molecule has 6 N–H and O–H groups in total. The molecule has 2 atom stereocenters. The third-order valence-corrected chi connectivity index (χ3v) is 15.4. The van der Waals surface area contributed by atoms with Crippen molar-refractivity contribution in [1.29, 1.82) is 0 Å². The normalized spacial score (nSPS) is 12.2. The van der Waals surface area contributed by atoms with Crippen LogP contribution in [-0.2, 0) is 42.4 Å². The van der Waals surface area contributed by atoms with Gasteiger partial charge in [0.15, 0.2) is 20.6 Å². The molecule has 69 heavy (non-hydrogen) atoms. The van der Waals surface area contributed by atoms with E-state index in [-0.39, 0.29) is 59.0 Å². The highest BCUT2D eigenvalue weighted by Gasteiger charge is 2.32. The zero-order valence-corrected chi connectivity index (χ0v) is 39.4. The molecule has 0 radical (unpaired) electrons. The fourth-order valence-corrected chi connectivity index (χ4v) is 10.9. The summed E-state index contributed by atoms with van der Waals surface area (Å²) in [5, 5.41) is 32.4. The Kier molecular flexibility index (Phi) is 16.6. The summed E-state index contributed by atoms with van der Waals surface area (Å²) < 4.78 is 67.4. The lowest BCUT2D eigenvalue weighted by atomic mass is 10.1. The van der Waals surface area contributed by atoms with Gasteiger partial charge in [0.05, 0.1) is 21.2 Å². The molecule has 0 aliphatic heterocycles. The second-order valence-electron chi connectivity index (χ2n) is 14.7. The first-order chi connectivity index (χ1) is 33.3. The van der Waals surface area contributed by atoms with Gasteiger partial charge in [-0.25, -0.2) is 41.2 Å². The lowest BCUT2D eigenvalue weighted by Crippen LogP contribution is -2.30. The van der Waals surface area contributed by atoms with Gasteiger partial charge in [0, 0.05) is 59.8 Å². The monoisotopic (exact) mass is 1010 g/mol. The van der Waals surface area contributed by atoms with Gasteiger partial charge < -0.3 is 20.8 Å². The molecule has 5 aromatic heterocycles. The number of halogens is 1. The molecule has 8 aromatic rings. The number of thiazole rings is 2. The molecule has 0 amide bonds. The molecule has 0 spiro atoms. The summed E-state index contributed by atoms with van der Waals surface area (Å²) in [6, 6.07) is 32.4. The van der Waals surface area contributed by atoms with Gasteiger partial charge >= 0.3 is 11.9 Å². The maximum absolute atomic E-state index is 13.5. The van der Waals surface area contributed by atoms with Crippen LogP contribution in [0.1, 0.15) is 33.3 Å². The van der Waals surface area contributed by atoms with Crippen LogP contribution < -0.4 is 21.3 Å². The Morgan fingerprint density at radius 1 is 0.565 bits per heavy atom. The van der Waals surface area contributed by atoms with E-state index < -0.39 is 48.2 Å². The average molecular weight is 1010 g/mol. The molecule has 354 valence electrons. The second kappa shape index (κ2) is 23.1. The van der Waals surface area contributed by atoms with Crippen molar-refractivity contribution in [1.82, 2.24) is 35.6 Å². The number of anilines is 2. The van der Waals surface area contributed by atoms with Crippen molar-refractivity contribution in [3.63, 3.8) is 0 Å². The van der Waals surface area contributed by atoms with E-state index in [2.05, 4.69) is 46.2 Å². The minimum absolute atomic E-state index is 0.0531. The molecule has 0 aliphatic rings. The molecule has 0 saturated heterocycles. The predicted octanol–water partition coefficient (Wildman–Crippen LogP) is 7.46. The topological polar surface area (TPSA) is 255 Å². The molecule has 5 heterocycles. The van der Waals surface area contributed by atoms with Crippen LogP contribution in [0.25, 0.3) is 21.1 Å². The van der Waals surface area contributed by atoms with Crippen LogP contribution in [0.4, 0.5) is 16.0 Å². The largest absolute Gasteiger partial charge is 0.480 e. The first-order valence-corrected chi connectivity index (χ1v) is 25.5. The van der Waals surface area contributed by atoms with Crippen molar-refractivity contribution in [2.45, 2.75) is 33.6 Å². The summed E-state index contributed by atoms with van der Waals surface area (Å²) in [5.74, 6) is -2.19. The summed E-state index contributed by atoms with van der Waals surface area (Å²) in [7, 11) is -7.93. The molecule has 2 unspecified atom stereocenters. The number of aromatic nitrogens is 5. The molecule has 22 heteroatoms. The van der Waals surface area contributed by atoms with E-state index in [1.807, 2.05) is 59.3 Å². The Bertz CT molecular complexity index is 3170. The number of nitrogens with zero attached hydrogens (tertiary/aromatic N) is 5. The van der Waals surface area contributed by atoms with Gasteiger partial charge in [0.2, 0.25) is 9.84 Å². The number of aliphatic carboxylic acids is 2. The Morgan fingerprint density at radius 2 is 1.03 bits per heavy atom. The number of carboxylic acid groups (broad SMARTS) is 2. The third kappa shape index (κ3) is 13.4. The Hall–Kier alpha value is -7.34. The minimum atomic E-state index is -4.03. The molecule has 3 aromatic carbocycles. The SMILES string of the molecule is O=C(O)CNc1cccc(C(NCc2ccc(-c3nccs3)cc2)S(=O)(=O)c2ccc(F)cc2)n1.O=C(O)CNc1cccc(C(NCc2ccc(-c3nccs3)cc2)S(=O)(=O)c2cccnc2)n1. The van der Waals surface area contributed by atoms with Crippen molar-refractivity contribution in [2.75, 3.05) is 23.7 Å². The van der Waals surface area contributed by atoms with Gasteiger partial charge in [-0.05, 0) is 71.8 Å². The van der Waals surface area contributed by atoms with Gasteiger partial charge in [-0.1, -0.05) is 60.7 Å². The molecule has 0 bridgehead atoms. The molecule has 8 rings (SSSR count). The number of pyridine rings is 3. The molecular formula is C47H42FN9O8S4. The van der Waals surface area contributed by atoms with Crippen molar-refractivity contribution < 1.29 is 41.0 Å². The van der Waals surface area contributed by atoms with E-state index in [1.54, 1.807) is 60.1 Å². The first kappa shape index (κ1) is 49.6. The molecule has 17 nitrogen and oxygen atoms in total. The molecule has 0 saturated carbocycles. The predicted molar refractivity (Wildman–Crippen MR) is 260 cm³/mol. The standard InChI is InChI=1S/C24H21FN4O4S2.C23H21N5O4S2/c25-18-8-10-19(11-9-18)35(32,33)24(20-2-1-3-21(29-20)27-15-22(30)31)28-14-16-4-6-17(7-5-16)23-26-12-13-34-23;29-21(30)15-26-20-5-1-4-19(28-20)23(34(31,32)18-3-2-10-24-14-18)27-13-16-6-8-17(9-7-16)22-25-11-12-33-22/h1-13,24,28H,14-15H2,(H,27,29)(H,30,31);1-12,14,23,27H,13,15H2,(H,26,28)(H,29,30). The summed E-state index contributed by atoms with van der Waals surface area (Å²) in [6.45, 7) is -0.242. The highest BCUT2D eigenvalue weighted by Crippen LogP contribution is 2.30. The van der Waals surface area contributed by atoms with E-state index in [9.17, 15) is 30.8 Å². The number of benzene rings is 3. The summed E-state index contributed by atoms with van der Waals surface area (Å²) in [6.07, 6.45) is 6.27. The fourth-order valence-electron chi connectivity index (χ4n) is 6.57. The lowest BCUT2D eigenvalue weighted by Gasteiger charge is -2.20. The van der Waals surface area contributed by atoms with Crippen molar-refractivity contribution in [3.8, 4) is 21.1 Å². The number of nitrogens with one attached hydrogen (secondary N) is 4. The number of sulfone groups is 2. The van der Waals surface area contributed by atoms with Crippen molar-refractivity contribution in [3.05, 3.63) is 185 Å². The number of hydrogen-bond acceptors (Lipinski definition) is 17. The van der Waals surface area contributed by atoms with Crippen molar-refractivity contribution >= 4 is 65.9 Å². The average Bonchev–Trinajstić information content (AvgIpc) is 4.11. The van der Waals surface area contributed by atoms with Crippen LogP contribution >= 0.6 is 22.7 Å². The van der Waals surface area contributed by atoms with Crippen LogP contribution in [0.3, 0.4) is 0 Å². The fraction of sp³-hybridized carbons (Fsp3) is 0.128. The van der Waals surface area contributed by atoms with Crippen molar-refractivity contribution in [2.24, 2.45) is 0 Å². The van der Waals surface area contributed by atoms with E-state index in [1.165, 1.54) is 48.0 Å². The van der Waals surface area contributed by atoms with E-state index in [0.29, 0.717) is 0 Å². The second-order valence-corrected chi connectivity index (χ2v) is 20.6. The van der Waals surface area contributed by atoms with Crippen LogP contribution in [-0.4, -0.2) is 77.0 Å². The first-order valence-electron chi connectivity index (χ1n) is 20.7. The quantitative estimate of drug-likeness (QED) is 0.0405. The summed E-state index contributed by atoms with van der Waals surface area (Å²) >= 11 is 3.07. The number of hydrogen-bond donors (Lipinski definition) is 6. The zero-order valence-electron chi connectivity index (χ0n) is 36.1. The van der Waals surface area contributed by atoms with E-state index in [4.69, 9.17) is 10.2 Å². The van der Waals surface area contributed by atoms with Gasteiger partial charge in [-0.15, -0.1) is 22.7 Å². The van der Waals surface area contributed by atoms with E-state index >= 15 is 0 Å². The van der Waals surface area contributed by atoms with Crippen LogP contribution in [0.5, 0.6) is 0 Å². The maximum atomic E-state index is 13.5. The molecular weight excluding hydrogens is 966 g/mol. The third-order valence-electron chi connectivity index (χ3n) is 9.90. The highest BCUT2D eigenvalue weighted by molar-refractivity contribution is 7.92. The Morgan fingerprint density at radius 3 is 1.43 bits per heavy atom. The van der Waals surface area contributed by atoms with Crippen LogP contribution in [0.15, 0.2) is 167 Å². The van der Waals surface area contributed by atoms with Gasteiger partial charge in [0.1, 0.15) is 40.6 Å². The lowest BCUT2D eigenvalue weighted by molar-refractivity contribution is -0.135. The molecule has 0 fully saturated rings. The smallest absolute Gasteiger partial charge is 0.322 e. The minimum Gasteiger partial charge on any atom is -0.480 e. The van der Waals surface area contributed by atoms with Gasteiger partial charge in [-0.3, -0.25) is 25.2 Å².